The van der Waals surface area contributed by atoms with Crippen LogP contribution in [-0.2, 0) is 0 Å². The van der Waals surface area contributed by atoms with Crippen LogP contribution >= 0.6 is 0 Å². The van der Waals surface area contributed by atoms with Crippen LogP contribution in [-0.4, -0.2) is 31.9 Å². The molecule has 0 aliphatic carbocycles. The molecule has 3 amide bonds. The Kier molecular flexibility index (Phi) is 22.5. The Hall–Kier alpha value is -15.7. The van der Waals surface area contributed by atoms with E-state index in [0.29, 0.717) is 74.0 Å². The molecular weight excluding hydrogens is 1460 g/mol. The number of carbonyl (C=O) groups excluding carboxylic acids is 3. The molecule has 3 N–H and O–H groups in total. The van der Waals surface area contributed by atoms with Gasteiger partial charge < -0.3 is 53.8 Å². The van der Waals surface area contributed by atoms with Gasteiger partial charge in [-0.2, -0.15) is 0 Å². The summed E-state index contributed by atoms with van der Waals surface area (Å²) in [5, 5.41) is 22.2. The first-order valence-corrected chi connectivity index (χ1v) is 38.0. The molecule has 0 atom stereocenters. The predicted molar refractivity (Wildman–Crippen MR) is 469 cm³/mol. The zero-order chi connectivity index (χ0) is 80.0. The summed E-state index contributed by atoms with van der Waals surface area (Å²) in [6, 6.07) is 120. The van der Waals surface area contributed by atoms with Gasteiger partial charge in [0, 0.05) is 33.8 Å². The quantitative estimate of drug-likeness (QED) is 0.0666. The van der Waals surface area contributed by atoms with Crippen LogP contribution in [0.15, 0.2) is 376 Å². The van der Waals surface area contributed by atoms with Crippen molar-refractivity contribution in [2.45, 2.75) is 13.8 Å². The Morgan fingerprint density at radius 3 is 0.667 bits per heavy atom. The number of carbonyl (C=O) groups is 3. The lowest BCUT2D eigenvalue weighted by Crippen LogP contribution is -2.11. The third-order valence-electron chi connectivity index (χ3n) is 19.7. The number of benzene rings is 18. The smallest absolute Gasteiger partial charge is 0.255 e. The fraction of sp³-hybridized carbons (Fsp3) is 0.0388. The monoisotopic (exact) mass is 1530 g/mol. The van der Waals surface area contributed by atoms with E-state index in [1.807, 2.05) is 263 Å². The van der Waals surface area contributed by atoms with Gasteiger partial charge in [0.1, 0.15) is 80.5 Å². The first kappa shape index (κ1) is 75.4. The molecule has 570 valence electrons. The highest BCUT2D eigenvalue weighted by molar-refractivity contribution is 6.06. The van der Waals surface area contributed by atoms with Crippen LogP contribution in [0.5, 0.6) is 80.5 Å². The number of methoxy groups -OCH3 is 2. The normalized spacial score (nSPS) is 10.8. The maximum Gasteiger partial charge on any atom is 0.255 e. The zero-order valence-corrected chi connectivity index (χ0v) is 64.3. The van der Waals surface area contributed by atoms with E-state index in [4.69, 9.17) is 37.9 Å². The molecule has 0 aliphatic rings. The standard InChI is InChI=1S/C35H27NO5.C35H27NO3.C33H23NO3/c1-38-31-13-5-26-21-33(15-7-24(26)19-31)40-29-11-3-23(4-12-29)35(37)36-28-9-17-30(18-10-28)41-34-16-8-25-20-32(39-2)14-6-27(25)22-34;1-23-19-26-7-3-5-9-28(26)21-33(23)38-31-15-11-25(12-16-31)35(37)36-30-13-17-32(18-14-30)39-34-22-29-10-6-4-8-27(29)20-24(34)2;35-33(25-11-15-29(16-12-25)36-31-17-9-23-5-1-3-7-26(23)21-31)34-28-13-19-30(20-14-28)37-32-18-10-24-6-2-4-8-27(24)22-32/h3-22H,1-2H3,(H,36,37);3-22H,1-2H3,(H,36,37);1-22H,(H,34,35). The number of rotatable bonds is 20. The summed E-state index contributed by atoms with van der Waals surface area (Å²) < 4.78 is 46.8. The summed E-state index contributed by atoms with van der Waals surface area (Å²) in [4.78, 5) is 38.4. The number of anilines is 3. The second kappa shape index (κ2) is 34.9. The Balaban J connectivity index is 0.000000132. The summed E-state index contributed by atoms with van der Waals surface area (Å²) in [5.74, 6) is 9.66. The van der Waals surface area contributed by atoms with Crippen LogP contribution in [0.25, 0.3) is 64.6 Å². The Labute approximate surface area is 676 Å². The molecule has 0 unspecified atom stereocenters. The average Bonchev–Trinajstić information content (AvgIpc) is 0.863. The molecule has 18 aromatic carbocycles. The van der Waals surface area contributed by atoms with E-state index in [1.165, 1.54) is 16.2 Å². The van der Waals surface area contributed by atoms with Crippen molar-refractivity contribution in [2.75, 3.05) is 30.2 Å². The van der Waals surface area contributed by atoms with E-state index < -0.39 is 0 Å². The van der Waals surface area contributed by atoms with Crippen molar-refractivity contribution in [3.8, 4) is 80.5 Å². The summed E-state index contributed by atoms with van der Waals surface area (Å²) in [7, 11) is 3.31. The van der Waals surface area contributed by atoms with Gasteiger partial charge in [0.15, 0.2) is 0 Å². The average molecular weight is 1530 g/mol. The van der Waals surface area contributed by atoms with Gasteiger partial charge in [0.2, 0.25) is 0 Å². The second-order valence-corrected chi connectivity index (χ2v) is 27.8. The molecule has 0 saturated carbocycles. The van der Waals surface area contributed by atoms with E-state index >= 15 is 0 Å². The van der Waals surface area contributed by atoms with Crippen LogP contribution in [0.3, 0.4) is 0 Å². The fourth-order valence-corrected chi connectivity index (χ4v) is 13.4. The predicted octanol–water partition coefficient (Wildman–Crippen LogP) is 27.1. The third-order valence-corrected chi connectivity index (χ3v) is 19.7. The number of nitrogens with one attached hydrogen (secondary N) is 3. The van der Waals surface area contributed by atoms with Gasteiger partial charge in [-0.3, -0.25) is 14.4 Å². The minimum atomic E-state index is -0.213. The number of amides is 3. The molecule has 18 rings (SSSR count). The van der Waals surface area contributed by atoms with Crippen molar-refractivity contribution in [2.24, 2.45) is 0 Å². The van der Waals surface area contributed by atoms with Crippen molar-refractivity contribution >= 4 is 99.4 Å². The molecule has 0 heterocycles. The minimum Gasteiger partial charge on any atom is -0.497 e. The first-order valence-electron chi connectivity index (χ1n) is 38.0. The zero-order valence-electron chi connectivity index (χ0n) is 64.3. The van der Waals surface area contributed by atoms with Crippen LogP contribution < -0.4 is 53.8 Å². The van der Waals surface area contributed by atoms with Crippen molar-refractivity contribution in [3.63, 3.8) is 0 Å². The number of aryl methyl sites for hydroxylation is 2. The van der Waals surface area contributed by atoms with Gasteiger partial charge in [-0.05, 0) is 332 Å². The van der Waals surface area contributed by atoms with Gasteiger partial charge in [-0.1, -0.05) is 133 Å². The largest absolute Gasteiger partial charge is 0.497 e. The lowest BCUT2D eigenvalue weighted by atomic mass is 10.1. The molecule has 0 bridgehead atoms. The van der Waals surface area contributed by atoms with E-state index in [9.17, 15) is 14.4 Å². The van der Waals surface area contributed by atoms with E-state index in [2.05, 4.69) is 82.7 Å². The molecule has 0 aliphatic heterocycles. The Morgan fingerprint density at radius 2 is 0.393 bits per heavy atom. The highest BCUT2D eigenvalue weighted by Gasteiger charge is 2.15. The summed E-state index contributed by atoms with van der Waals surface area (Å²) >= 11 is 0. The van der Waals surface area contributed by atoms with Crippen molar-refractivity contribution < 1.29 is 52.3 Å². The Bertz CT molecular complexity index is 6640. The minimum absolute atomic E-state index is 0.192. The Morgan fingerprint density at radius 1 is 0.197 bits per heavy atom. The summed E-state index contributed by atoms with van der Waals surface area (Å²) in [6.45, 7) is 4.07. The SMILES string of the molecule is COc1ccc2cc(Oc3ccc(NC(=O)c4ccc(Oc5ccc6cc(OC)ccc6c5)cc4)cc3)ccc2c1.Cc1cc2ccccc2cc1Oc1ccc(NC(=O)c2ccc(Oc3cc4ccccc4cc3C)cc2)cc1.O=C(Nc1ccc(Oc2ccc3ccccc3c2)cc1)c1ccc(Oc2ccc3ccccc3c2)cc1. The molecule has 18 aromatic rings. The molecular formula is C103H77N3O11. The molecule has 0 fully saturated rings. The third kappa shape index (κ3) is 18.9. The molecule has 117 heavy (non-hydrogen) atoms. The molecule has 14 heteroatoms. The number of hydrogen-bond donors (Lipinski definition) is 3. The maximum atomic E-state index is 12.8. The van der Waals surface area contributed by atoms with Gasteiger partial charge in [-0.25, -0.2) is 0 Å². The van der Waals surface area contributed by atoms with Gasteiger partial charge in [-0.15, -0.1) is 0 Å². The highest BCUT2D eigenvalue weighted by Crippen LogP contribution is 2.37. The van der Waals surface area contributed by atoms with Crippen molar-refractivity contribution in [3.05, 3.63) is 404 Å². The van der Waals surface area contributed by atoms with Crippen LogP contribution in [0.1, 0.15) is 42.2 Å². The van der Waals surface area contributed by atoms with Gasteiger partial charge >= 0.3 is 0 Å². The lowest BCUT2D eigenvalue weighted by molar-refractivity contribution is 0.101. The van der Waals surface area contributed by atoms with E-state index in [0.717, 1.165) is 99.8 Å². The molecule has 0 saturated heterocycles. The number of ether oxygens (including phenoxy) is 8. The van der Waals surface area contributed by atoms with Gasteiger partial charge in [0.25, 0.3) is 17.7 Å². The van der Waals surface area contributed by atoms with E-state index in [1.54, 1.807) is 74.9 Å². The molecule has 14 nitrogen and oxygen atoms in total. The van der Waals surface area contributed by atoms with Crippen molar-refractivity contribution in [1.82, 2.24) is 0 Å². The van der Waals surface area contributed by atoms with Crippen LogP contribution in [0.4, 0.5) is 17.1 Å². The fourth-order valence-electron chi connectivity index (χ4n) is 13.4. The first-order chi connectivity index (χ1) is 57.3. The summed E-state index contributed by atoms with van der Waals surface area (Å²) in [5.41, 5.74) is 5.78. The van der Waals surface area contributed by atoms with E-state index in [-0.39, 0.29) is 17.7 Å². The highest BCUT2D eigenvalue weighted by atomic mass is 16.5. The lowest BCUT2D eigenvalue weighted by Gasteiger charge is -2.12. The molecule has 0 spiro atoms. The number of fused-ring (bicyclic) bond motifs is 6. The second-order valence-electron chi connectivity index (χ2n) is 27.8. The van der Waals surface area contributed by atoms with Crippen LogP contribution in [0, 0.1) is 13.8 Å². The molecule has 0 radical (unpaired) electrons. The maximum absolute atomic E-state index is 12.8. The van der Waals surface area contributed by atoms with Crippen molar-refractivity contribution in [1.29, 1.82) is 0 Å². The topological polar surface area (TPSA) is 161 Å². The van der Waals surface area contributed by atoms with Gasteiger partial charge in [0.05, 0.1) is 14.2 Å². The van der Waals surface area contributed by atoms with Crippen LogP contribution in [0.2, 0.25) is 0 Å². The molecule has 0 aromatic heterocycles. The summed E-state index contributed by atoms with van der Waals surface area (Å²) in [6.07, 6.45) is 0. The number of hydrogen-bond acceptors (Lipinski definition) is 11.